The van der Waals surface area contributed by atoms with Gasteiger partial charge in [0.05, 0.1) is 16.5 Å². The van der Waals surface area contributed by atoms with E-state index in [0.29, 0.717) is 42.0 Å². The van der Waals surface area contributed by atoms with Crippen LogP contribution < -0.4 is 14.4 Å². The first-order chi connectivity index (χ1) is 15.7. The van der Waals surface area contributed by atoms with Gasteiger partial charge in [-0.2, -0.15) is 0 Å². The van der Waals surface area contributed by atoms with Gasteiger partial charge in [-0.25, -0.2) is 9.97 Å². The Morgan fingerprint density at radius 3 is 2.88 bits per heavy atom. The first-order valence-corrected chi connectivity index (χ1v) is 11.6. The van der Waals surface area contributed by atoms with Crippen LogP contribution in [0.25, 0.3) is 10.2 Å². The normalized spacial score (nSPS) is 12.8. The van der Waals surface area contributed by atoms with Crippen LogP contribution in [0, 0.1) is 0 Å². The molecule has 0 radical (unpaired) electrons. The van der Waals surface area contributed by atoms with Crippen molar-refractivity contribution < 1.29 is 14.3 Å². The molecule has 1 amide bonds. The van der Waals surface area contributed by atoms with Gasteiger partial charge in [0.25, 0.3) is 5.91 Å². The van der Waals surface area contributed by atoms with Crippen LogP contribution in [0.5, 0.6) is 11.5 Å². The van der Waals surface area contributed by atoms with E-state index < -0.39 is 0 Å². The molecule has 1 aliphatic rings. The van der Waals surface area contributed by atoms with Gasteiger partial charge in [-0.05, 0) is 42.7 Å². The fraction of sp³-hybridized carbons (Fsp3) is 0.292. The third-order valence-electron chi connectivity index (χ3n) is 5.49. The number of hydrogen-bond acceptors (Lipinski definition) is 6. The van der Waals surface area contributed by atoms with E-state index in [9.17, 15) is 4.79 Å². The van der Waals surface area contributed by atoms with Crippen LogP contribution in [0.1, 0.15) is 29.3 Å². The largest absolute Gasteiger partial charge is 0.486 e. The molecule has 0 aliphatic carbocycles. The molecule has 32 heavy (non-hydrogen) atoms. The fourth-order valence-electron chi connectivity index (χ4n) is 3.84. The van der Waals surface area contributed by atoms with Gasteiger partial charge in [0, 0.05) is 31.0 Å². The summed E-state index contributed by atoms with van der Waals surface area (Å²) in [6.07, 6.45) is 7.16. The van der Waals surface area contributed by atoms with Crippen LogP contribution in [-0.4, -0.2) is 40.2 Å². The summed E-state index contributed by atoms with van der Waals surface area (Å²) in [5, 5.41) is 0.714. The molecule has 164 valence electrons. The van der Waals surface area contributed by atoms with Crippen LogP contribution in [0.4, 0.5) is 5.13 Å². The molecule has 5 rings (SSSR count). The summed E-state index contributed by atoms with van der Waals surface area (Å²) in [5.74, 6) is 1.19. The number of aromatic nitrogens is 3. The van der Waals surface area contributed by atoms with Crippen molar-refractivity contribution in [1.82, 2.24) is 14.5 Å². The van der Waals surface area contributed by atoms with Crippen LogP contribution in [0.2, 0.25) is 0 Å². The van der Waals surface area contributed by atoms with E-state index in [2.05, 4.69) is 30.1 Å². The van der Waals surface area contributed by atoms with Gasteiger partial charge < -0.3 is 14.0 Å². The summed E-state index contributed by atoms with van der Waals surface area (Å²) in [6.45, 7) is 4.45. The highest BCUT2D eigenvalue weighted by Gasteiger charge is 2.23. The molecule has 0 N–H and O–H groups in total. The highest BCUT2D eigenvalue weighted by atomic mass is 32.1. The standard InChI is InChI=1S/C24H24N4O3S/c1-2-17-5-3-6-21-22(17)26-24(32-21)28(11-4-10-27-12-9-25-16-27)23(29)18-7-8-19-20(15-18)31-14-13-30-19/h3,5-9,12,15-16H,2,4,10-11,13-14H2,1H3. The van der Waals surface area contributed by atoms with Gasteiger partial charge in [-0.1, -0.05) is 30.4 Å². The number of carbonyl (C=O) groups is 1. The smallest absolute Gasteiger partial charge is 0.260 e. The molecule has 7 nitrogen and oxygen atoms in total. The number of imidazole rings is 1. The van der Waals surface area contributed by atoms with Gasteiger partial charge in [0.2, 0.25) is 0 Å². The predicted molar refractivity (Wildman–Crippen MR) is 125 cm³/mol. The molecule has 4 aromatic rings. The zero-order valence-corrected chi connectivity index (χ0v) is 18.7. The molecule has 2 aromatic carbocycles. The molecule has 0 unspecified atom stereocenters. The van der Waals surface area contributed by atoms with Crippen molar-refractivity contribution in [3.63, 3.8) is 0 Å². The van der Waals surface area contributed by atoms with Crippen molar-refractivity contribution in [2.45, 2.75) is 26.3 Å². The lowest BCUT2D eigenvalue weighted by Crippen LogP contribution is -2.32. The maximum absolute atomic E-state index is 13.6. The Balaban J connectivity index is 1.47. The number of benzene rings is 2. The van der Waals surface area contributed by atoms with Crippen molar-refractivity contribution in [3.05, 3.63) is 66.2 Å². The van der Waals surface area contributed by atoms with Crippen LogP contribution in [-0.2, 0) is 13.0 Å². The molecule has 0 atom stereocenters. The number of carbonyl (C=O) groups excluding carboxylic acids is 1. The number of fused-ring (bicyclic) bond motifs is 2. The van der Waals surface area contributed by atoms with E-state index in [4.69, 9.17) is 14.5 Å². The number of ether oxygens (including phenoxy) is 2. The Labute approximate surface area is 190 Å². The molecule has 0 bridgehead atoms. The SMILES string of the molecule is CCc1cccc2sc(N(CCCn3ccnc3)C(=O)c3ccc4c(c3)OCCO4)nc12. The molecular weight excluding hydrogens is 424 g/mol. The van der Waals surface area contributed by atoms with E-state index in [1.807, 2.05) is 10.8 Å². The minimum absolute atomic E-state index is 0.0929. The third-order valence-corrected chi connectivity index (χ3v) is 6.54. The number of rotatable bonds is 7. The Morgan fingerprint density at radius 2 is 2.06 bits per heavy atom. The molecule has 1 aliphatic heterocycles. The molecule has 0 saturated carbocycles. The topological polar surface area (TPSA) is 69.5 Å². The molecule has 0 saturated heterocycles. The van der Waals surface area contributed by atoms with Gasteiger partial charge >= 0.3 is 0 Å². The lowest BCUT2D eigenvalue weighted by atomic mass is 10.1. The maximum Gasteiger partial charge on any atom is 0.260 e. The van der Waals surface area contributed by atoms with Crippen molar-refractivity contribution in [3.8, 4) is 11.5 Å². The van der Waals surface area contributed by atoms with Gasteiger partial charge in [0.1, 0.15) is 13.2 Å². The number of nitrogens with zero attached hydrogens (tertiary/aromatic N) is 4. The summed E-state index contributed by atoms with van der Waals surface area (Å²) in [6, 6.07) is 11.6. The quantitative estimate of drug-likeness (QED) is 0.414. The highest BCUT2D eigenvalue weighted by molar-refractivity contribution is 7.22. The van der Waals surface area contributed by atoms with Crippen LogP contribution in [0.3, 0.4) is 0 Å². The average molecular weight is 449 g/mol. The van der Waals surface area contributed by atoms with Crippen molar-refractivity contribution in [1.29, 1.82) is 0 Å². The third kappa shape index (κ3) is 4.05. The monoisotopic (exact) mass is 448 g/mol. The van der Waals surface area contributed by atoms with Gasteiger partial charge in [-0.3, -0.25) is 9.69 Å². The average Bonchev–Trinajstić information content (AvgIpc) is 3.50. The van der Waals surface area contributed by atoms with E-state index >= 15 is 0 Å². The Morgan fingerprint density at radius 1 is 1.19 bits per heavy atom. The Kier molecular flexibility index (Phi) is 5.77. The second-order valence-electron chi connectivity index (χ2n) is 7.58. The molecule has 0 fully saturated rings. The summed E-state index contributed by atoms with van der Waals surface area (Å²) in [4.78, 5) is 24.4. The second kappa shape index (κ2) is 9.00. The Bertz CT molecular complexity index is 1240. The summed E-state index contributed by atoms with van der Waals surface area (Å²) in [7, 11) is 0. The molecule has 2 aromatic heterocycles. The first-order valence-electron chi connectivity index (χ1n) is 10.8. The van der Waals surface area contributed by atoms with E-state index in [1.54, 1.807) is 47.0 Å². The highest BCUT2D eigenvalue weighted by Crippen LogP contribution is 2.34. The van der Waals surface area contributed by atoms with E-state index in [1.165, 1.54) is 5.56 Å². The molecular formula is C24H24N4O3S. The first kappa shape index (κ1) is 20.5. The number of thiazole rings is 1. The van der Waals surface area contributed by atoms with Crippen molar-refractivity contribution in [2.24, 2.45) is 0 Å². The number of para-hydroxylation sites is 1. The van der Waals surface area contributed by atoms with E-state index in [-0.39, 0.29) is 5.91 Å². The van der Waals surface area contributed by atoms with Crippen molar-refractivity contribution in [2.75, 3.05) is 24.7 Å². The zero-order chi connectivity index (χ0) is 21.9. The Hall–Kier alpha value is -3.39. The van der Waals surface area contributed by atoms with Gasteiger partial charge in [-0.15, -0.1) is 0 Å². The maximum atomic E-state index is 13.6. The minimum Gasteiger partial charge on any atom is -0.486 e. The van der Waals surface area contributed by atoms with Crippen LogP contribution >= 0.6 is 11.3 Å². The molecule has 3 heterocycles. The fourth-order valence-corrected chi connectivity index (χ4v) is 4.88. The number of hydrogen-bond donors (Lipinski definition) is 0. The van der Waals surface area contributed by atoms with Crippen molar-refractivity contribution >= 4 is 32.6 Å². The second-order valence-corrected chi connectivity index (χ2v) is 8.59. The predicted octanol–water partition coefficient (Wildman–Crippen LogP) is 4.56. The summed E-state index contributed by atoms with van der Waals surface area (Å²) >= 11 is 1.55. The lowest BCUT2D eigenvalue weighted by Gasteiger charge is -2.22. The summed E-state index contributed by atoms with van der Waals surface area (Å²) in [5.41, 5.74) is 2.73. The van der Waals surface area contributed by atoms with E-state index in [0.717, 1.165) is 29.6 Å². The lowest BCUT2D eigenvalue weighted by molar-refractivity contribution is 0.0985. The number of amides is 1. The van der Waals surface area contributed by atoms with Gasteiger partial charge in [0.15, 0.2) is 16.6 Å². The van der Waals surface area contributed by atoms with Crippen LogP contribution in [0.15, 0.2) is 55.1 Å². The number of aryl methyl sites for hydroxylation is 2. The minimum atomic E-state index is -0.0929. The molecule has 0 spiro atoms. The molecule has 8 heteroatoms. The zero-order valence-electron chi connectivity index (χ0n) is 17.9. The number of anilines is 1. The summed E-state index contributed by atoms with van der Waals surface area (Å²) < 4.78 is 14.4.